The summed E-state index contributed by atoms with van der Waals surface area (Å²) in [5.41, 5.74) is 1.79. The zero-order valence-electron chi connectivity index (χ0n) is 12.8. The van der Waals surface area contributed by atoms with Gasteiger partial charge in [0.1, 0.15) is 11.3 Å². The average molecular weight is 309 g/mol. The Morgan fingerprint density at radius 3 is 3.00 bits per heavy atom. The summed E-state index contributed by atoms with van der Waals surface area (Å²) in [4.78, 5) is 4.72. The van der Waals surface area contributed by atoms with Crippen LogP contribution in [0.3, 0.4) is 0 Å². The number of fused-ring (bicyclic) bond motifs is 1. The molecule has 2 atom stereocenters. The molecule has 1 aromatic heterocycles. The molecule has 1 aliphatic heterocycles. The molecule has 2 aliphatic rings. The third-order valence-electron chi connectivity index (χ3n) is 4.27. The number of benzene rings is 1. The molecular formula is C17H19N5O. The molecule has 0 amide bonds. The van der Waals surface area contributed by atoms with Gasteiger partial charge in [0.05, 0.1) is 11.6 Å². The van der Waals surface area contributed by atoms with Gasteiger partial charge in [0, 0.05) is 6.04 Å². The van der Waals surface area contributed by atoms with E-state index in [4.69, 9.17) is 4.99 Å². The molecule has 1 aliphatic carbocycles. The minimum atomic E-state index is -0.195. The molecule has 4 rings (SSSR count). The van der Waals surface area contributed by atoms with E-state index in [2.05, 4.69) is 27.8 Å². The topological polar surface area (TPSA) is 75.3 Å². The molecule has 0 bridgehead atoms. The van der Waals surface area contributed by atoms with Crippen molar-refractivity contribution in [3.8, 4) is 0 Å². The predicted octanol–water partition coefficient (Wildman–Crippen LogP) is 1.98. The van der Waals surface area contributed by atoms with Crippen LogP contribution in [0, 0.1) is 0 Å². The molecule has 0 saturated heterocycles. The van der Waals surface area contributed by atoms with E-state index in [0.29, 0.717) is 0 Å². The van der Waals surface area contributed by atoms with Crippen LogP contribution in [-0.4, -0.2) is 38.1 Å². The fraction of sp³-hybridized carbons (Fsp3) is 0.353. The Labute approximate surface area is 134 Å². The lowest BCUT2D eigenvalue weighted by atomic mass is 10.2. The highest BCUT2D eigenvalue weighted by atomic mass is 16.3. The maximum absolute atomic E-state index is 9.68. The third-order valence-corrected chi connectivity index (χ3v) is 4.27. The number of para-hydroxylation sites is 1. The van der Waals surface area contributed by atoms with Crippen molar-refractivity contribution in [2.75, 3.05) is 0 Å². The van der Waals surface area contributed by atoms with E-state index in [1.807, 2.05) is 30.3 Å². The van der Waals surface area contributed by atoms with Crippen LogP contribution in [0.15, 0.2) is 53.3 Å². The van der Waals surface area contributed by atoms with Crippen LogP contribution in [-0.2, 0) is 0 Å². The first-order valence-electron chi connectivity index (χ1n) is 8.00. The lowest BCUT2D eigenvalue weighted by Gasteiger charge is -2.14. The Morgan fingerprint density at radius 2 is 2.13 bits per heavy atom. The zero-order chi connectivity index (χ0) is 15.6. The zero-order valence-corrected chi connectivity index (χ0v) is 12.8. The van der Waals surface area contributed by atoms with Gasteiger partial charge in [-0.1, -0.05) is 23.4 Å². The van der Waals surface area contributed by atoms with Crippen LogP contribution in [0.4, 0.5) is 0 Å². The average Bonchev–Trinajstić information content (AvgIpc) is 3.09. The Hall–Kier alpha value is -2.47. The summed E-state index contributed by atoms with van der Waals surface area (Å²) >= 11 is 0. The number of hydrogen-bond donors (Lipinski definition) is 2. The number of aliphatic hydroxyl groups excluding tert-OH is 1. The molecule has 23 heavy (non-hydrogen) atoms. The van der Waals surface area contributed by atoms with Crippen LogP contribution in [0.25, 0.3) is 11.0 Å². The molecule has 1 fully saturated rings. The van der Waals surface area contributed by atoms with Gasteiger partial charge in [-0.15, -0.1) is 5.10 Å². The van der Waals surface area contributed by atoms with E-state index in [1.54, 1.807) is 4.68 Å². The number of allylic oxidation sites excluding steroid dienone is 3. The van der Waals surface area contributed by atoms with Crippen LogP contribution >= 0.6 is 0 Å². The number of aliphatic hydroxyl groups is 1. The second-order valence-corrected chi connectivity index (χ2v) is 6.00. The predicted molar refractivity (Wildman–Crippen MR) is 89.0 cm³/mol. The van der Waals surface area contributed by atoms with Gasteiger partial charge in [-0.25, -0.2) is 4.99 Å². The van der Waals surface area contributed by atoms with Crippen molar-refractivity contribution in [2.24, 2.45) is 4.99 Å². The largest absolute Gasteiger partial charge is 0.393 e. The fourth-order valence-corrected chi connectivity index (χ4v) is 3.10. The molecule has 118 valence electrons. The Morgan fingerprint density at radius 1 is 1.22 bits per heavy atom. The smallest absolute Gasteiger partial charge is 0.157 e. The summed E-state index contributed by atoms with van der Waals surface area (Å²) in [6.07, 6.45) is 9.33. The van der Waals surface area contributed by atoms with Crippen molar-refractivity contribution >= 4 is 16.9 Å². The van der Waals surface area contributed by atoms with Gasteiger partial charge in [0.2, 0.25) is 0 Å². The van der Waals surface area contributed by atoms with Crippen molar-refractivity contribution in [2.45, 2.75) is 37.8 Å². The van der Waals surface area contributed by atoms with E-state index in [-0.39, 0.29) is 12.1 Å². The summed E-state index contributed by atoms with van der Waals surface area (Å²) in [5.74, 6) is 1.58. The number of rotatable bonds is 2. The number of aromatic nitrogens is 3. The molecule has 6 nitrogen and oxygen atoms in total. The van der Waals surface area contributed by atoms with Gasteiger partial charge in [0.15, 0.2) is 5.84 Å². The molecule has 6 heteroatoms. The quantitative estimate of drug-likeness (QED) is 0.889. The second-order valence-electron chi connectivity index (χ2n) is 6.00. The summed E-state index contributed by atoms with van der Waals surface area (Å²) in [7, 11) is 0. The molecule has 1 aromatic carbocycles. The molecular weight excluding hydrogens is 290 g/mol. The van der Waals surface area contributed by atoms with Gasteiger partial charge in [-0.3, -0.25) is 0 Å². The Bertz CT molecular complexity index is 804. The molecule has 2 N–H and O–H groups in total. The van der Waals surface area contributed by atoms with Crippen molar-refractivity contribution in [1.82, 2.24) is 20.3 Å². The molecule has 0 radical (unpaired) electrons. The first-order chi connectivity index (χ1) is 11.3. The van der Waals surface area contributed by atoms with E-state index < -0.39 is 0 Å². The first-order valence-corrected chi connectivity index (χ1v) is 8.00. The van der Waals surface area contributed by atoms with Crippen LogP contribution in [0.1, 0.15) is 25.7 Å². The normalized spacial score (nSPS) is 24.4. The second kappa shape index (κ2) is 5.96. The molecule has 0 spiro atoms. The Kier molecular flexibility index (Phi) is 3.67. The van der Waals surface area contributed by atoms with Crippen molar-refractivity contribution in [3.05, 3.63) is 48.3 Å². The van der Waals surface area contributed by atoms with Crippen molar-refractivity contribution in [3.63, 3.8) is 0 Å². The SMILES string of the molecule is O[C@H]1CCC(NC2=CCC=CC(n3nnc4ccccc43)=N2)C1. The summed E-state index contributed by atoms with van der Waals surface area (Å²) in [5, 5.41) is 21.5. The molecule has 2 aromatic rings. The van der Waals surface area contributed by atoms with Gasteiger partial charge < -0.3 is 10.4 Å². The van der Waals surface area contributed by atoms with Crippen molar-refractivity contribution in [1.29, 1.82) is 0 Å². The maximum Gasteiger partial charge on any atom is 0.157 e. The third kappa shape index (κ3) is 2.90. The molecule has 1 unspecified atom stereocenters. The van der Waals surface area contributed by atoms with Gasteiger partial charge in [0.25, 0.3) is 0 Å². The summed E-state index contributed by atoms with van der Waals surface area (Å²) < 4.78 is 1.76. The van der Waals surface area contributed by atoms with E-state index in [0.717, 1.165) is 48.4 Å². The fourth-order valence-electron chi connectivity index (χ4n) is 3.10. The number of nitrogens with zero attached hydrogens (tertiary/aromatic N) is 4. The van der Waals surface area contributed by atoms with Gasteiger partial charge in [-0.2, -0.15) is 4.68 Å². The summed E-state index contributed by atoms with van der Waals surface area (Å²) in [6, 6.07) is 8.13. The lowest BCUT2D eigenvalue weighted by molar-refractivity contribution is 0.180. The number of hydrogen-bond acceptors (Lipinski definition) is 5. The highest BCUT2D eigenvalue weighted by molar-refractivity contribution is 6.00. The van der Waals surface area contributed by atoms with E-state index in [1.165, 1.54) is 0 Å². The highest BCUT2D eigenvalue weighted by Crippen LogP contribution is 2.20. The van der Waals surface area contributed by atoms with Gasteiger partial charge >= 0.3 is 0 Å². The minimum Gasteiger partial charge on any atom is -0.393 e. The van der Waals surface area contributed by atoms with Crippen molar-refractivity contribution < 1.29 is 5.11 Å². The summed E-state index contributed by atoms with van der Waals surface area (Å²) in [6.45, 7) is 0. The van der Waals surface area contributed by atoms with E-state index in [9.17, 15) is 5.11 Å². The Balaban J connectivity index is 1.63. The maximum atomic E-state index is 9.68. The van der Waals surface area contributed by atoms with Gasteiger partial charge in [-0.05, 0) is 50.0 Å². The standard InChI is InChI=1S/C17H19N5O/c23-13-10-9-12(11-13)18-16-7-3-4-8-17(19-16)22-15-6-2-1-5-14(15)20-21-22/h1-2,4-8,12-13,18,23H,3,9-11H2/t12?,13-/m0/s1. The first kappa shape index (κ1) is 14.1. The van der Waals surface area contributed by atoms with E-state index >= 15 is 0 Å². The van der Waals surface area contributed by atoms with Crippen LogP contribution < -0.4 is 5.32 Å². The minimum absolute atomic E-state index is 0.195. The lowest BCUT2D eigenvalue weighted by Crippen LogP contribution is -2.26. The monoisotopic (exact) mass is 309 g/mol. The highest BCUT2D eigenvalue weighted by Gasteiger charge is 2.23. The molecule has 1 saturated carbocycles. The number of aliphatic imine (C=N–C) groups is 1. The number of nitrogens with one attached hydrogen (secondary N) is 1. The molecule has 2 heterocycles. The van der Waals surface area contributed by atoms with Crippen LogP contribution in [0.5, 0.6) is 0 Å². The van der Waals surface area contributed by atoms with Crippen LogP contribution in [0.2, 0.25) is 0 Å².